The fourth-order valence-electron chi connectivity index (χ4n) is 3.65. The van der Waals surface area contributed by atoms with Gasteiger partial charge in [0.15, 0.2) is 5.82 Å². The number of hydrogen-bond donors (Lipinski definition) is 2. The van der Waals surface area contributed by atoms with Crippen molar-refractivity contribution in [3.05, 3.63) is 11.6 Å². The topological polar surface area (TPSA) is 82.1 Å². The first-order valence-electron chi connectivity index (χ1n) is 8.37. The molecule has 22 heavy (non-hydrogen) atoms. The molecule has 2 aliphatic carbocycles. The molecular weight excluding hydrogens is 280 g/mol. The Kier molecular flexibility index (Phi) is 3.08. The van der Waals surface area contributed by atoms with Crippen molar-refractivity contribution < 1.29 is 9.90 Å². The van der Waals surface area contributed by atoms with Gasteiger partial charge in [0.05, 0.1) is 0 Å². The minimum absolute atomic E-state index is 0.178. The van der Waals surface area contributed by atoms with Crippen LogP contribution in [0.2, 0.25) is 0 Å². The van der Waals surface area contributed by atoms with E-state index in [0.29, 0.717) is 24.3 Å². The predicted octanol–water partition coefficient (Wildman–Crippen LogP) is 1.40. The molecule has 1 saturated heterocycles. The van der Waals surface area contributed by atoms with Crippen LogP contribution in [-0.2, 0) is 4.79 Å². The van der Waals surface area contributed by atoms with Gasteiger partial charge in [0.25, 0.3) is 5.91 Å². The van der Waals surface area contributed by atoms with Crippen LogP contribution >= 0.6 is 0 Å². The first kappa shape index (κ1) is 14.2. The number of nitrogens with zero attached hydrogens (tertiary/aromatic N) is 3. The summed E-state index contributed by atoms with van der Waals surface area (Å²) in [5.74, 6) is 3.62. The number of carbonyl (C=O) groups excluding carboxylic acids is 1. The smallest absolute Gasteiger partial charge is 0.253 e. The number of carbonyl (C=O) groups is 1. The number of hydrogen-bond acceptors (Lipinski definition) is 4. The van der Waals surface area contributed by atoms with Crippen LogP contribution in [-0.4, -0.2) is 49.8 Å². The molecule has 4 rings (SSSR count). The molecule has 120 valence electrons. The number of aromatic amines is 1. The highest BCUT2D eigenvalue weighted by atomic mass is 16.3. The van der Waals surface area contributed by atoms with Gasteiger partial charge in [-0.25, -0.2) is 4.98 Å². The number of nitrogens with one attached hydrogen (secondary N) is 1. The highest BCUT2D eigenvalue weighted by Gasteiger charge is 2.47. The lowest BCUT2D eigenvalue weighted by Crippen LogP contribution is -2.44. The van der Waals surface area contributed by atoms with E-state index < -0.39 is 5.60 Å². The fourth-order valence-corrected chi connectivity index (χ4v) is 3.65. The van der Waals surface area contributed by atoms with Crippen molar-refractivity contribution in [2.45, 2.75) is 57.0 Å². The molecule has 2 heterocycles. The van der Waals surface area contributed by atoms with E-state index in [0.717, 1.165) is 18.2 Å². The first-order chi connectivity index (χ1) is 10.4. The average Bonchev–Trinajstić information content (AvgIpc) is 3.39. The van der Waals surface area contributed by atoms with Crippen molar-refractivity contribution in [3.8, 4) is 0 Å². The highest BCUT2D eigenvalue weighted by Crippen LogP contribution is 2.47. The van der Waals surface area contributed by atoms with Crippen LogP contribution in [0.3, 0.4) is 0 Å². The van der Waals surface area contributed by atoms with Gasteiger partial charge in [0.1, 0.15) is 11.4 Å². The highest BCUT2D eigenvalue weighted by molar-refractivity contribution is 5.84. The van der Waals surface area contributed by atoms with E-state index >= 15 is 0 Å². The van der Waals surface area contributed by atoms with Crippen molar-refractivity contribution in [1.29, 1.82) is 0 Å². The Balaban J connectivity index is 1.55. The summed E-state index contributed by atoms with van der Waals surface area (Å²) in [5.41, 5.74) is -1.30. The Labute approximate surface area is 130 Å². The second-order valence-corrected chi connectivity index (χ2v) is 7.73. The van der Waals surface area contributed by atoms with E-state index in [1.165, 1.54) is 25.7 Å². The van der Waals surface area contributed by atoms with Crippen molar-refractivity contribution in [2.24, 2.45) is 11.8 Å². The van der Waals surface area contributed by atoms with Crippen LogP contribution in [0.4, 0.5) is 0 Å². The first-order valence-corrected chi connectivity index (χ1v) is 8.37. The van der Waals surface area contributed by atoms with E-state index in [-0.39, 0.29) is 11.8 Å². The number of rotatable bonds is 4. The van der Waals surface area contributed by atoms with Gasteiger partial charge >= 0.3 is 0 Å². The molecule has 0 aromatic carbocycles. The zero-order chi connectivity index (χ0) is 15.5. The van der Waals surface area contributed by atoms with Crippen molar-refractivity contribution in [3.63, 3.8) is 0 Å². The third-order valence-corrected chi connectivity index (χ3v) is 5.22. The molecule has 2 N–H and O–H groups in total. The molecule has 1 aliphatic heterocycles. The predicted molar refractivity (Wildman–Crippen MR) is 80.2 cm³/mol. The van der Waals surface area contributed by atoms with Crippen LogP contribution in [0.15, 0.2) is 0 Å². The maximum absolute atomic E-state index is 12.4. The molecule has 0 bridgehead atoms. The zero-order valence-electron chi connectivity index (χ0n) is 13.2. The normalized spacial score (nSPS) is 29.1. The van der Waals surface area contributed by atoms with Gasteiger partial charge in [-0.05, 0) is 51.4 Å². The molecule has 1 aromatic rings. The standard InChI is InChI=1S/C16H24N4O2/c1-16(2,22)15(21)20-7-11(9-3-4-9)12(8-20)14-17-13(18-19-14)10-5-6-10/h9-12,22H,3-8H2,1-2H3,(H,17,18,19)/t11-,12+/m1/s1. The van der Waals surface area contributed by atoms with E-state index in [9.17, 15) is 9.90 Å². The summed E-state index contributed by atoms with van der Waals surface area (Å²) in [6.07, 6.45) is 4.87. The molecule has 1 aromatic heterocycles. The molecular formula is C16H24N4O2. The Bertz CT molecular complexity index is 583. The van der Waals surface area contributed by atoms with E-state index in [1.807, 2.05) is 4.90 Å². The summed E-state index contributed by atoms with van der Waals surface area (Å²) in [5, 5.41) is 17.5. The molecule has 0 spiro atoms. The van der Waals surface area contributed by atoms with E-state index in [1.54, 1.807) is 13.8 Å². The Morgan fingerprint density at radius 2 is 2.00 bits per heavy atom. The maximum atomic E-state index is 12.4. The number of amides is 1. The van der Waals surface area contributed by atoms with Crippen LogP contribution in [0.5, 0.6) is 0 Å². The third kappa shape index (κ3) is 2.53. The summed E-state index contributed by atoms with van der Waals surface area (Å²) in [6.45, 7) is 4.50. The van der Waals surface area contributed by atoms with Crippen LogP contribution in [0.25, 0.3) is 0 Å². The van der Waals surface area contributed by atoms with Gasteiger partial charge in [0, 0.05) is 24.9 Å². The number of likely N-dealkylation sites (tertiary alicyclic amines) is 1. The quantitative estimate of drug-likeness (QED) is 0.881. The van der Waals surface area contributed by atoms with E-state index in [4.69, 9.17) is 4.98 Å². The number of aromatic nitrogens is 3. The van der Waals surface area contributed by atoms with Gasteiger partial charge in [-0.1, -0.05) is 0 Å². The van der Waals surface area contributed by atoms with Gasteiger partial charge < -0.3 is 10.0 Å². The number of aliphatic hydroxyl groups is 1. The molecule has 0 unspecified atom stereocenters. The van der Waals surface area contributed by atoms with Gasteiger partial charge in [-0.15, -0.1) is 0 Å². The average molecular weight is 304 g/mol. The summed E-state index contributed by atoms with van der Waals surface area (Å²) >= 11 is 0. The van der Waals surface area contributed by atoms with Gasteiger partial charge in [0.2, 0.25) is 0 Å². The summed E-state index contributed by atoms with van der Waals surface area (Å²) < 4.78 is 0. The van der Waals surface area contributed by atoms with Crippen molar-refractivity contribution in [1.82, 2.24) is 20.1 Å². The SMILES string of the molecule is CC(C)(O)C(=O)N1C[C@H](c2nc(C3CC3)n[nH]2)[C@@H](C2CC2)C1. The maximum Gasteiger partial charge on any atom is 0.253 e. The van der Waals surface area contributed by atoms with Gasteiger partial charge in [-0.3, -0.25) is 9.89 Å². The lowest BCUT2D eigenvalue weighted by Gasteiger charge is -2.24. The monoisotopic (exact) mass is 304 g/mol. The van der Waals surface area contributed by atoms with Crippen molar-refractivity contribution >= 4 is 5.91 Å². The minimum Gasteiger partial charge on any atom is -0.381 e. The van der Waals surface area contributed by atoms with Crippen LogP contribution in [0, 0.1) is 11.8 Å². The third-order valence-electron chi connectivity index (χ3n) is 5.22. The van der Waals surface area contributed by atoms with Gasteiger partial charge in [-0.2, -0.15) is 5.10 Å². The van der Waals surface area contributed by atoms with Crippen molar-refractivity contribution in [2.75, 3.05) is 13.1 Å². The zero-order valence-corrected chi connectivity index (χ0v) is 13.2. The minimum atomic E-state index is -1.30. The van der Waals surface area contributed by atoms with Crippen LogP contribution < -0.4 is 0 Å². The molecule has 1 amide bonds. The lowest BCUT2D eigenvalue weighted by atomic mass is 9.91. The molecule has 2 saturated carbocycles. The summed E-state index contributed by atoms with van der Waals surface area (Å²) in [6, 6.07) is 0. The Morgan fingerprint density at radius 3 is 2.59 bits per heavy atom. The Morgan fingerprint density at radius 1 is 1.27 bits per heavy atom. The molecule has 2 atom stereocenters. The fraction of sp³-hybridized carbons (Fsp3) is 0.812. The second-order valence-electron chi connectivity index (χ2n) is 7.73. The molecule has 3 aliphatic rings. The molecule has 6 nitrogen and oxygen atoms in total. The Hall–Kier alpha value is -1.43. The second kappa shape index (κ2) is 4.78. The summed E-state index contributed by atoms with van der Waals surface area (Å²) in [4.78, 5) is 18.9. The number of H-pyrrole nitrogens is 1. The van der Waals surface area contributed by atoms with E-state index in [2.05, 4.69) is 10.2 Å². The molecule has 6 heteroatoms. The molecule has 0 radical (unpaired) electrons. The summed E-state index contributed by atoms with van der Waals surface area (Å²) in [7, 11) is 0. The molecule has 3 fully saturated rings. The lowest BCUT2D eigenvalue weighted by molar-refractivity contribution is -0.146. The largest absolute Gasteiger partial charge is 0.381 e. The van der Waals surface area contributed by atoms with Crippen LogP contribution in [0.1, 0.15) is 63.0 Å².